The van der Waals surface area contributed by atoms with Crippen molar-refractivity contribution >= 4 is 16.9 Å². The fourth-order valence-electron chi connectivity index (χ4n) is 4.22. The molecule has 0 amide bonds. The van der Waals surface area contributed by atoms with Gasteiger partial charge in [-0.1, -0.05) is 24.3 Å². The van der Waals surface area contributed by atoms with Gasteiger partial charge in [0.05, 0.1) is 5.52 Å². The number of anilines is 1. The van der Waals surface area contributed by atoms with Crippen LogP contribution in [-0.2, 0) is 12.8 Å². The average molecular weight is 374 g/mol. The van der Waals surface area contributed by atoms with Gasteiger partial charge in [-0.3, -0.25) is 0 Å². The van der Waals surface area contributed by atoms with E-state index < -0.39 is 11.6 Å². The Kier molecular flexibility index (Phi) is 3.79. The Labute approximate surface area is 161 Å². The van der Waals surface area contributed by atoms with Gasteiger partial charge in [0.2, 0.25) is 0 Å². The minimum atomic E-state index is -0.659. The van der Waals surface area contributed by atoms with E-state index in [0.717, 1.165) is 30.3 Å². The second-order valence-electron chi connectivity index (χ2n) is 7.25. The smallest absolute Gasteiger partial charge is 0.164 e. The zero-order valence-corrected chi connectivity index (χ0v) is 15.1. The van der Waals surface area contributed by atoms with Gasteiger partial charge in [0.15, 0.2) is 17.4 Å². The van der Waals surface area contributed by atoms with Crippen LogP contribution in [0.5, 0.6) is 5.75 Å². The number of phenols is 1. The molecular weight excluding hydrogens is 355 g/mol. The summed E-state index contributed by atoms with van der Waals surface area (Å²) in [4.78, 5) is 8.65. The number of nitrogens with zero attached hydrogens (tertiary/aromatic N) is 3. The monoisotopic (exact) mass is 374 g/mol. The standard InChI is InChI=1S/C22H19FN4O/c23-18-8-7-16(10-19(18)28)27-11-17(20-21(27)22(24)26-12-25-20)15-6-5-13-3-1-2-4-14(13)9-15/h1-4,7-8,10-12,15,28H,5-6,9H2,(H2,24,25,26). The van der Waals surface area contributed by atoms with Crippen LogP contribution in [0.1, 0.15) is 29.0 Å². The molecule has 4 aromatic rings. The molecule has 0 spiro atoms. The Morgan fingerprint density at radius 2 is 1.93 bits per heavy atom. The average Bonchev–Trinajstić information content (AvgIpc) is 3.11. The van der Waals surface area contributed by atoms with Crippen molar-refractivity contribution < 1.29 is 9.50 Å². The van der Waals surface area contributed by atoms with Crippen molar-refractivity contribution in [3.05, 3.63) is 77.5 Å². The quantitative estimate of drug-likeness (QED) is 0.553. The summed E-state index contributed by atoms with van der Waals surface area (Å²) in [7, 11) is 0. The number of hydrogen-bond acceptors (Lipinski definition) is 4. The van der Waals surface area contributed by atoms with Crippen LogP contribution in [0.4, 0.5) is 10.2 Å². The highest BCUT2D eigenvalue weighted by Crippen LogP contribution is 2.38. The lowest BCUT2D eigenvalue weighted by Crippen LogP contribution is -2.12. The number of nitrogens with two attached hydrogens (primary N) is 1. The Balaban J connectivity index is 1.67. The van der Waals surface area contributed by atoms with Crippen molar-refractivity contribution in [2.75, 3.05) is 5.73 Å². The third kappa shape index (κ3) is 2.60. The molecule has 1 atom stereocenters. The lowest BCUT2D eigenvalue weighted by atomic mass is 9.81. The number of aromatic hydroxyl groups is 1. The highest BCUT2D eigenvalue weighted by molar-refractivity contribution is 5.90. The van der Waals surface area contributed by atoms with Crippen molar-refractivity contribution in [2.24, 2.45) is 0 Å². The molecule has 2 aromatic carbocycles. The van der Waals surface area contributed by atoms with Crippen LogP contribution >= 0.6 is 0 Å². The maximum absolute atomic E-state index is 13.5. The van der Waals surface area contributed by atoms with Gasteiger partial charge >= 0.3 is 0 Å². The Morgan fingerprint density at radius 1 is 1.11 bits per heavy atom. The van der Waals surface area contributed by atoms with E-state index in [9.17, 15) is 9.50 Å². The number of fused-ring (bicyclic) bond motifs is 2. The van der Waals surface area contributed by atoms with Gasteiger partial charge < -0.3 is 15.4 Å². The van der Waals surface area contributed by atoms with Crippen molar-refractivity contribution in [1.82, 2.24) is 14.5 Å². The van der Waals surface area contributed by atoms with Crippen molar-refractivity contribution in [1.29, 1.82) is 0 Å². The van der Waals surface area contributed by atoms with E-state index in [-0.39, 0.29) is 0 Å². The van der Waals surface area contributed by atoms with Gasteiger partial charge in [-0.05, 0) is 48.4 Å². The number of aryl methyl sites for hydroxylation is 1. The van der Waals surface area contributed by atoms with Crippen molar-refractivity contribution in [3.8, 4) is 11.4 Å². The minimum absolute atomic E-state index is 0.307. The van der Waals surface area contributed by atoms with Gasteiger partial charge in [0.1, 0.15) is 11.8 Å². The van der Waals surface area contributed by atoms with Gasteiger partial charge in [-0.15, -0.1) is 0 Å². The lowest BCUT2D eigenvalue weighted by molar-refractivity contribution is 0.432. The molecule has 5 nitrogen and oxygen atoms in total. The molecule has 1 unspecified atom stereocenters. The van der Waals surface area contributed by atoms with Crippen LogP contribution in [0.2, 0.25) is 0 Å². The zero-order chi connectivity index (χ0) is 19.3. The molecule has 0 fully saturated rings. The molecule has 28 heavy (non-hydrogen) atoms. The normalized spacial score (nSPS) is 16.2. The maximum Gasteiger partial charge on any atom is 0.164 e. The van der Waals surface area contributed by atoms with Crippen molar-refractivity contribution in [2.45, 2.75) is 25.2 Å². The predicted octanol–water partition coefficient (Wildman–Crippen LogP) is 4.12. The van der Waals surface area contributed by atoms with E-state index in [4.69, 9.17) is 5.73 Å². The van der Waals surface area contributed by atoms with E-state index >= 15 is 0 Å². The molecular formula is C22H19FN4O. The first kappa shape index (κ1) is 16.7. The number of phenolic OH excluding ortho intramolecular Hbond substituents is 1. The molecule has 2 aromatic heterocycles. The number of rotatable bonds is 2. The van der Waals surface area contributed by atoms with E-state index in [1.165, 1.54) is 29.6 Å². The molecule has 140 valence electrons. The van der Waals surface area contributed by atoms with E-state index in [2.05, 4.69) is 34.2 Å². The number of benzene rings is 2. The Hall–Kier alpha value is -3.41. The van der Waals surface area contributed by atoms with Crippen LogP contribution < -0.4 is 5.73 Å². The second-order valence-corrected chi connectivity index (χ2v) is 7.25. The molecule has 2 heterocycles. The molecule has 6 heteroatoms. The van der Waals surface area contributed by atoms with Crippen LogP contribution in [-0.4, -0.2) is 19.6 Å². The first-order valence-electron chi connectivity index (χ1n) is 9.29. The molecule has 3 N–H and O–H groups in total. The fraction of sp³-hybridized carbons (Fsp3) is 0.182. The minimum Gasteiger partial charge on any atom is -0.505 e. The van der Waals surface area contributed by atoms with Crippen molar-refractivity contribution in [3.63, 3.8) is 0 Å². The largest absolute Gasteiger partial charge is 0.505 e. The third-order valence-corrected chi connectivity index (χ3v) is 5.63. The summed E-state index contributed by atoms with van der Waals surface area (Å²) in [5.74, 6) is -0.394. The summed E-state index contributed by atoms with van der Waals surface area (Å²) in [5.41, 5.74) is 12.1. The molecule has 1 aliphatic carbocycles. The lowest BCUT2D eigenvalue weighted by Gasteiger charge is -2.24. The third-order valence-electron chi connectivity index (χ3n) is 5.63. The first-order valence-corrected chi connectivity index (χ1v) is 9.29. The Morgan fingerprint density at radius 3 is 2.75 bits per heavy atom. The van der Waals surface area contributed by atoms with Gasteiger partial charge in [0.25, 0.3) is 0 Å². The first-order chi connectivity index (χ1) is 13.6. The summed E-state index contributed by atoms with van der Waals surface area (Å²) >= 11 is 0. The molecule has 0 saturated carbocycles. The molecule has 5 rings (SSSR count). The summed E-state index contributed by atoms with van der Waals surface area (Å²) in [6, 6.07) is 12.8. The molecule has 0 aliphatic heterocycles. The predicted molar refractivity (Wildman–Crippen MR) is 106 cm³/mol. The van der Waals surface area contributed by atoms with Crippen LogP contribution in [0.15, 0.2) is 55.0 Å². The van der Waals surface area contributed by atoms with E-state index in [0.29, 0.717) is 22.9 Å². The summed E-state index contributed by atoms with van der Waals surface area (Å²) < 4.78 is 15.4. The van der Waals surface area contributed by atoms with Crippen LogP contribution in [0, 0.1) is 5.82 Å². The van der Waals surface area contributed by atoms with Crippen LogP contribution in [0.3, 0.4) is 0 Å². The summed E-state index contributed by atoms with van der Waals surface area (Å²) in [6.07, 6.45) is 6.46. The summed E-state index contributed by atoms with van der Waals surface area (Å²) in [5, 5.41) is 9.82. The zero-order valence-electron chi connectivity index (χ0n) is 15.1. The van der Waals surface area contributed by atoms with E-state index in [1.807, 2.05) is 10.8 Å². The maximum atomic E-state index is 13.5. The number of aromatic nitrogens is 3. The van der Waals surface area contributed by atoms with Gasteiger partial charge in [-0.2, -0.15) is 0 Å². The summed E-state index contributed by atoms with van der Waals surface area (Å²) in [6.45, 7) is 0. The molecule has 0 radical (unpaired) electrons. The highest BCUT2D eigenvalue weighted by Gasteiger charge is 2.25. The van der Waals surface area contributed by atoms with E-state index in [1.54, 1.807) is 6.07 Å². The highest BCUT2D eigenvalue weighted by atomic mass is 19.1. The fourth-order valence-corrected chi connectivity index (χ4v) is 4.22. The van der Waals surface area contributed by atoms with Crippen LogP contribution in [0.25, 0.3) is 16.7 Å². The molecule has 0 saturated heterocycles. The number of halogens is 1. The Bertz CT molecular complexity index is 1200. The number of hydrogen-bond donors (Lipinski definition) is 2. The SMILES string of the molecule is Nc1ncnc2c(C3CCc4ccccc4C3)cn(-c3ccc(F)c(O)c3)c12. The number of nitrogen functional groups attached to an aromatic ring is 1. The molecule has 1 aliphatic rings. The molecule has 0 bridgehead atoms. The van der Waals surface area contributed by atoms with Gasteiger partial charge in [0, 0.05) is 23.5 Å². The second kappa shape index (κ2) is 6.34. The topological polar surface area (TPSA) is 77.0 Å². The van der Waals surface area contributed by atoms with Gasteiger partial charge in [-0.25, -0.2) is 14.4 Å².